The van der Waals surface area contributed by atoms with Crippen LogP contribution >= 0.6 is 0 Å². The minimum atomic E-state index is -4.45. The van der Waals surface area contributed by atoms with Crippen molar-refractivity contribution < 1.29 is 22.8 Å². The molecule has 1 atom stereocenters. The maximum Gasteiger partial charge on any atom is 0.416 e. The van der Waals surface area contributed by atoms with E-state index in [1.54, 1.807) is 11.0 Å². The predicted molar refractivity (Wildman–Crippen MR) is 83.0 cm³/mol. The third kappa shape index (κ3) is 4.72. The lowest BCUT2D eigenvalue weighted by molar-refractivity contribution is -0.137. The van der Waals surface area contributed by atoms with Crippen molar-refractivity contribution in [3.8, 4) is 0 Å². The van der Waals surface area contributed by atoms with E-state index in [0.717, 1.165) is 18.6 Å². The van der Waals surface area contributed by atoms with Crippen LogP contribution in [0, 0.1) is 0 Å². The zero-order valence-corrected chi connectivity index (χ0v) is 13.5. The Labute approximate surface area is 139 Å². The number of hydrogen-bond acceptors (Lipinski definition) is 2. The van der Waals surface area contributed by atoms with Crippen LogP contribution in [0.4, 0.5) is 13.2 Å². The van der Waals surface area contributed by atoms with Gasteiger partial charge in [-0.3, -0.25) is 9.59 Å². The Morgan fingerprint density at radius 3 is 2.71 bits per heavy atom. The first kappa shape index (κ1) is 18.3. The highest BCUT2D eigenvalue weighted by molar-refractivity contribution is 5.79. The largest absolute Gasteiger partial charge is 0.416 e. The quantitative estimate of drug-likeness (QED) is 0.862. The molecule has 1 saturated heterocycles. The molecular weight excluding hydrogens is 321 g/mol. The standard InChI is InChI=1S/C17H21F3N2O2/c1-2-5-15(23)21-14(11-22-9-4-8-16(22)24)12-6-3-7-13(10-12)17(18,19)20/h3,6-7,10,14H,2,4-5,8-9,11H2,1H3,(H,21,23)/t14-/m1/s1. The van der Waals surface area contributed by atoms with E-state index in [4.69, 9.17) is 0 Å². The number of benzene rings is 1. The lowest BCUT2D eigenvalue weighted by atomic mass is 10.0. The summed E-state index contributed by atoms with van der Waals surface area (Å²) in [6, 6.07) is 4.26. The summed E-state index contributed by atoms with van der Waals surface area (Å²) in [6.07, 6.45) is -2.33. The smallest absolute Gasteiger partial charge is 0.348 e. The summed E-state index contributed by atoms with van der Waals surface area (Å²) in [4.78, 5) is 25.3. The minimum Gasteiger partial charge on any atom is -0.348 e. The Hall–Kier alpha value is -2.05. The van der Waals surface area contributed by atoms with Crippen LogP contribution in [0.2, 0.25) is 0 Å². The number of carbonyl (C=O) groups excluding carboxylic acids is 2. The molecule has 132 valence electrons. The van der Waals surface area contributed by atoms with E-state index in [1.807, 2.05) is 6.92 Å². The summed E-state index contributed by atoms with van der Waals surface area (Å²) in [5, 5.41) is 2.76. The summed E-state index contributed by atoms with van der Waals surface area (Å²) in [5.74, 6) is -0.261. The fraction of sp³-hybridized carbons (Fsp3) is 0.529. The van der Waals surface area contributed by atoms with Crippen molar-refractivity contribution in [1.82, 2.24) is 10.2 Å². The summed E-state index contributed by atoms with van der Waals surface area (Å²) >= 11 is 0. The predicted octanol–water partition coefficient (Wildman–Crippen LogP) is 3.29. The number of nitrogens with zero attached hydrogens (tertiary/aromatic N) is 1. The highest BCUT2D eigenvalue weighted by Crippen LogP contribution is 2.31. The van der Waals surface area contributed by atoms with Crippen molar-refractivity contribution in [1.29, 1.82) is 0 Å². The Morgan fingerprint density at radius 1 is 1.38 bits per heavy atom. The van der Waals surface area contributed by atoms with Crippen molar-refractivity contribution in [2.24, 2.45) is 0 Å². The van der Waals surface area contributed by atoms with E-state index in [1.165, 1.54) is 6.07 Å². The second kappa shape index (κ2) is 7.68. The lowest BCUT2D eigenvalue weighted by Gasteiger charge is -2.25. The van der Waals surface area contributed by atoms with Gasteiger partial charge in [-0.25, -0.2) is 0 Å². The molecule has 0 spiro atoms. The average molecular weight is 342 g/mol. The Morgan fingerprint density at radius 2 is 2.12 bits per heavy atom. The monoisotopic (exact) mass is 342 g/mol. The van der Waals surface area contributed by atoms with Gasteiger partial charge in [-0.2, -0.15) is 13.2 Å². The highest BCUT2D eigenvalue weighted by Gasteiger charge is 2.32. The molecule has 24 heavy (non-hydrogen) atoms. The van der Waals surface area contributed by atoms with Gasteiger partial charge in [-0.1, -0.05) is 19.1 Å². The molecule has 7 heteroatoms. The summed E-state index contributed by atoms with van der Waals surface area (Å²) in [7, 11) is 0. The summed E-state index contributed by atoms with van der Waals surface area (Å²) in [6.45, 7) is 2.61. The molecular formula is C17H21F3N2O2. The maximum atomic E-state index is 12.9. The highest BCUT2D eigenvalue weighted by atomic mass is 19.4. The van der Waals surface area contributed by atoms with E-state index >= 15 is 0 Å². The lowest BCUT2D eigenvalue weighted by Crippen LogP contribution is -2.38. The Kier molecular flexibility index (Phi) is 5.85. The topological polar surface area (TPSA) is 49.4 Å². The maximum absolute atomic E-state index is 12.9. The van der Waals surface area contributed by atoms with Crippen LogP contribution in [0.15, 0.2) is 24.3 Å². The van der Waals surface area contributed by atoms with E-state index < -0.39 is 17.8 Å². The fourth-order valence-corrected chi connectivity index (χ4v) is 2.78. The number of rotatable bonds is 6. The first-order valence-corrected chi connectivity index (χ1v) is 8.05. The van der Waals surface area contributed by atoms with Gasteiger partial charge in [-0.05, 0) is 30.5 Å². The molecule has 0 radical (unpaired) electrons. The van der Waals surface area contributed by atoms with Gasteiger partial charge in [0.25, 0.3) is 0 Å². The molecule has 0 saturated carbocycles. The van der Waals surface area contributed by atoms with E-state index in [-0.39, 0.29) is 18.4 Å². The van der Waals surface area contributed by atoms with Crippen molar-refractivity contribution in [2.75, 3.05) is 13.1 Å². The molecule has 1 fully saturated rings. The van der Waals surface area contributed by atoms with Gasteiger partial charge in [0.15, 0.2) is 0 Å². The second-order valence-corrected chi connectivity index (χ2v) is 5.94. The van der Waals surface area contributed by atoms with E-state index in [0.29, 0.717) is 31.4 Å². The van der Waals surface area contributed by atoms with Crippen LogP contribution in [0.5, 0.6) is 0 Å². The molecule has 2 amide bonds. The third-order valence-electron chi connectivity index (χ3n) is 4.00. The van der Waals surface area contributed by atoms with Gasteiger partial charge in [0, 0.05) is 25.9 Å². The first-order chi connectivity index (χ1) is 11.3. The van der Waals surface area contributed by atoms with Gasteiger partial charge in [-0.15, -0.1) is 0 Å². The molecule has 0 bridgehead atoms. The van der Waals surface area contributed by atoms with Gasteiger partial charge < -0.3 is 10.2 Å². The molecule has 1 N–H and O–H groups in total. The van der Waals surface area contributed by atoms with Crippen molar-refractivity contribution >= 4 is 11.8 Å². The molecule has 1 aliphatic rings. The second-order valence-electron chi connectivity index (χ2n) is 5.94. The van der Waals surface area contributed by atoms with Crippen LogP contribution in [-0.4, -0.2) is 29.8 Å². The van der Waals surface area contributed by atoms with Crippen LogP contribution in [0.25, 0.3) is 0 Å². The van der Waals surface area contributed by atoms with Crippen LogP contribution < -0.4 is 5.32 Å². The molecule has 1 aliphatic heterocycles. The number of likely N-dealkylation sites (tertiary alicyclic amines) is 1. The molecule has 0 aromatic heterocycles. The fourth-order valence-electron chi connectivity index (χ4n) is 2.78. The summed E-state index contributed by atoms with van der Waals surface area (Å²) in [5.41, 5.74) is -0.406. The molecule has 0 unspecified atom stereocenters. The van der Waals surface area contributed by atoms with Gasteiger partial charge >= 0.3 is 6.18 Å². The van der Waals surface area contributed by atoms with E-state index in [2.05, 4.69) is 5.32 Å². The molecule has 2 rings (SSSR count). The summed E-state index contributed by atoms with van der Waals surface area (Å²) < 4.78 is 38.8. The van der Waals surface area contributed by atoms with E-state index in [9.17, 15) is 22.8 Å². The number of carbonyl (C=O) groups is 2. The van der Waals surface area contributed by atoms with Crippen molar-refractivity contribution in [2.45, 2.75) is 44.8 Å². The first-order valence-electron chi connectivity index (χ1n) is 8.05. The minimum absolute atomic E-state index is 0.0308. The van der Waals surface area contributed by atoms with Gasteiger partial charge in [0.1, 0.15) is 0 Å². The van der Waals surface area contributed by atoms with Crippen LogP contribution in [0.1, 0.15) is 49.8 Å². The van der Waals surface area contributed by atoms with Crippen molar-refractivity contribution in [3.05, 3.63) is 35.4 Å². The SMILES string of the molecule is CCCC(=O)N[C@H](CN1CCCC1=O)c1cccc(C(F)(F)F)c1. The van der Waals surface area contributed by atoms with Crippen LogP contribution in [-0.2, 0) is 15.8 Å². The number of alkyl halides is 3. The Bertz CT molecular complexity index is 602. The number of halogens is 3. The molecule has 4 nitrogen and oxygen atoms in total. The molecule has 1 aromatic carbocycles. The Balaban J connectivity index is 2.24. The van der Waals surface area contributed by atoms with Crippen LogP contribution in [0.3, 0.4) is 0 Å². The third-order valence-corrected chi connectivity index (χ3v) is 4.00. The number of nitrogens with one attached hydrogen (secondary N) is 1. The molecule has 1 heterocycles. The average Bonchev–Trinajstić information content (AvgIpc) is 2.91. The van der Waals surface area contributed by atoms with Gasteiger partial charge in [0.05, 0.1) is 11.6 Å². The molecule has 0 aliphatic carbocycles. The molecule has 1 aromatic rings. The zero-order valence-electron chi connectivity index (χ0n) is 13.5. The zero-order chi connectivity index (χ0) is 17.7. The van der Waals surface area contributed by atoms with Gasteiger partial charge in [0.2, 0.25) is 11.8 Å². The number of hydrogen-bond donors (Lipinski definition) is 1. The van der Waals surface area contributed by atoms with Crippen molar-refractivity contribution in [3.63, 3.8) is 0 Å². The normalized spacial score (nSPS) is 16.3. The number of amides is 2.